The van der Waals surface area contributed by atoms with Crippen LogP contribution in [-0.2, 0) is 16.1 Å². The van der Waals surface area contributed by atoms with Crippen LogP contribution in [0, 0.1) is 5.92 Å². The number of carbonyl (C=O) groups excluding carboxylic acids is 2. The molecule has 3 fully saturated rings. The van der Waals surface area contributed by atoms with Gasteiger partial charge < -0.3 is 4.90 Å². The van der Waals surface area contributed by atoms with Crippen molar-refractivity contribution < 1.29 is 9.59 Å². The van der Waals surface area contributed by atoms with Crippen molar-refractivity contribution in [3.8, 4) is 0 Å². The van der Waals surface area contributed by atoms with Crippen molar-refractivity contribution in [3.05, 3.63) is 65.7 Å². The first kappa shape index (κ1) is 21.2. The van der Waals surface area contributed by atoms with Crippen LogP contribution in [0.25, 0.3) is 0 Å². The van der Waals surface area contributed by atoms with Crippen LogP contribution in [-0.4, -0.2) is 47.9 Å². The molecule has 2 saturated heterocycles. The van der Waals surface area contributed by atoms with Gasteiger partial charge in [0.2, 0.25) is 11.8 Å². The minimum absolute atomic E-state index is 0.00310. The van der Waals surface area contributed by atoms with Gasteiger partial charge >= 0.3 is 0 Å². The number of hydrogen-bond donors (Lipinski definition) is 1. The lowest BCUT2D eigenvalue weighted by atomic mass is 9.90. The average molecular weight is 433 g/mol. The standard InChI is InChI=1S/C26H32N4O2/c1-28(2)20-15-13-19(14-16-20)23-22-24(29(27-23)17-18-9-5-3-6-10-18)26(32)30(25(22)31)21-11-7-4-8-12-21/h3,5-6,9-10,13-16,21-24,27H,4,7-8,11-12,17H2,1-2H3/t22-,23+,24-/m1/s1. The van der Waals surface area contributed by atoms with Crippen molar-refractivity contribution in [3.63, 3.8) is 0 Å². The Morgan fingerprint density at radius 2 is 1.59 bits per heavy atom. The van der Waals surface area contributed by atoms with Crippen molar-refractivity contribution in [2.24, 2.45) is 5.92 Å². The summed E-state index contributed by atoms with van der Waals surface area (Å²) in [5.41, 5.74) is 6.83. The van der Waals surface area contributed by atoms with E-state index in [1.54, 1.807) is 4.90 Å². The van der Waals surface area contributed by atoms with E-state index in [9.17, 15) is 9.59 Å². The van der Waals surface area contributed by atoms with E-state index in [0.717, 1.165) is 42.5 Å². The summed E-state index contributed by atoms with van der Waals surface area (Å²) >= 11 is 0. The first-order valence-corrected chi connectivity index (χ1v) is 11.8. The average Bonchev–Trinajstić information content (AvgIpc) is 3.31. The number of hydrogen-bond acceptors (Lipinski definition) is 5. The maximum Gasteiger partial charge on any atom is 0.249 e. The van der Waals surface area contributed by atoms with E-state index in [1.807, 2.05) is 37.3 Å². The van der Waals surface area contributed by atoms with E-state index in [2.05, 4.69) is 46.7 Å². The van der Waals surface area contributed by atoms with Crippen LogP contribution >= 0.6 is 0 Å². The normalized spacial score (nSPS) is 26.6. The lowest BCUT2D eigenvalue weighted by molar-refractivity contribution is -0.145. The van der Waals surface area contributed by atoms with Gasteiger partial charge in [-0.3, -0.25) is 14.5 Å². The summed E-state index contributed by atoms with van der Waals surface area (Å²) in [6, 6.07) is 17.9. The van der Waals surface area contributed by atoms with Crippen molar-refractivity contribution in [2.75, 3.05) is 19.0 Å². The smallest absolute Gasteiger partial charge is 0.249 e. The monoisotopic (exact) mass is 432 g/mol. The lowest BCUT2D eigenvalue weighted by Gasteiger charge is -2.32. The molecule has 1 aliphatic carbocycles. The molecule has 1 saturated carbocycles. The van der Waals surface area contributed by atoms with Crippen LogP contribution in [0.5, 0.6) is 0 Å². The number of rotatable bonds is 5. The largest absolute Gasteiger partial charge is 0.378 e. The molecular formula is C26H32N4O2. The number of nitrogens with one attached hydrogen (secondary N) is 1. The number of fused-ring (bicyclic) bond motifs is 1. The van der Waals surface area contributed by atoms with E-state index in [4.69, 9.17) is 0 Å². The van der Waals surface area contributed by atoms with E-state index in [-0.39, 0.29) is 23.9 Å². The summed E-state index contributed by atoms with van der Waals surface area (Å²) < 4.78 is 0. The quantitative estimate of drug-likeness (QED) is 0.733. The van der Waals surface area contributed by atoms with Gasteiger partial charge in [0, 0.05) is 32.4 Å². The van der Waals surface area contributed by atoms with Crippen LogP contribution in [0.3, 0.4) is 0 Å². The molecule has 0 radical (unpaired) electrons. The van der Waals surface area contributed by atoms with E-state index in [0.29, 0.717) is 6.54 Å². The van der Waals surface area contributed by atoms with E-state index < -0.39 is 12.0 Å². The second kappa shape index (κ2) is 8.68. The van der Waals surface area contributed by atoms with E-state index in [1.165, 1.54) is 6.42 Å². The molecule has 32 heavy (non-hydrogen) atoms. The van der Waals surface area contributed by atoms with Crippen molar-refractivity contribution in [1.82, 2.24) is 15.3 Å². The van der Waals surface area contributed by atoms with Gasteiger partial charge in [-0.25, -0.2) is 10.4 Å². The van der Waals surface area contributed by atoms with Crippen LogP contribution in [0.4, 0.5) is 5.69 Å². The third-order valence-electron chi connectivity index (χ3n) is 7.26. The Morgan fingerprint density at radius 1 is 0.906 bits per heavy atom. The lowest BCUT2D eigenvalue weighted by Crippen LogP contribution is -2.48. The molecule has 2 amide bonds. The number of imide groups is 1. The van der Waals surface area contributed by atoms with Crippen molar-refractivity contribution in [2.45, 2.75) is 56.8 Å². The van der Waals surface area contributed by atoms with E-state index >= 15 is 0 Å². The molecule has 6 nitrogen and oxygen atoms in total. The number of nitrogens with zero attached hydrogens (tertiary/aromatic N) is 3. The van der Waals surface area contributed by atoms with Gasteiger partial charge in [-0.1, -0.05) is 61.7 Å². The highest BCUT2D eigenvalue weighted by atomic mass is 16.2. The molecule has 0 aromatic heterocycles. The predicted molar refractivity (Wildman–Crippen MR) is 125 cm³/mol. The molecule has 5 rings (SSSR count). The molecule has 0 unspecified atom stereocenters. The second-order valence-corrected chi connectivity index (χ2v) is 9.52. The molecule has 6 heteroatoms. The fraction of sp³-hybridized carbons (Fsp3) is 0.462. The Morgan fingerprint density at radius 3 is 2.25 bits per heavy atom. The molecule has 168 valence electrons. The molecular weight excluding hydrogens is 400 g/mol. The zero-order chi connectivity index (χ0) is 22.2. The summed E-state index contributed by atoms with van der Waals surface area (Å²) in [5, 5.41) is 2.01. The highest BCUT2D eigenvalue weighted by Gasteiger charge is 2.59. The molecule has 2 aliphatic heterocycles. The molecule has 2 aromatic rings. The molecule has 3 aliphatic rings. The maximum atomic E-state index is 13.7. The number of anilines is 1. The Bertz CT molecular complexity index is 969. The summed E-state index contributed by atoms with van der Waals surface area (Å²) in [6.45, 7) is 0.589. The number of likely N-dealkylation sites (tertiary alicyclic amines) is 1. The first-order valence-electron chi connectivity index (χ1n) is 11.8. The highest BCUT2D eigenvalue weighted by Crippen LogP contribution is 2.43. The van der Waals surface area contributed by atoms with Gasteiger partial charge in [0.05, 0.1) is 12.0 Å². The number of carbonyl (C=O) groups is 2. The van der Waals surface area contributed by atoms with Crippen LogP contribution in [0.15, 0.2) is 54.6 Å². The minimum Gasteiger partial charge on any atom is -0.378 e. The third-order valence-corrected chi connectivity index (χ3v) is 7.26. The number of hydrazine groups is 1. The van der Waals surface area contributed by atoms with Gasteiger partial charge in [0.25, 0.3) is 0 Å². The van der Waals surface area contributed by atoms with Crippen LogP contribution in [0.2, 0.25) is 0 Å². The summed E-state index contributed by atoms with van der Waals surface area (Å²) in [4.78, 5) is 31.0. The summed E-state index contributed by atoms with van der Waals surface area (Å²) in [6.07, 6.45) is 5.26. The molecule has 0 bridgehead atoms. The summed E-state index contributed by atoms with van der Waals surface area (Å²) in [7, 11) is 4.03. The predicted octanol–water partition coefficient (Wildman–Crippen LogP) is 3.50. The first-order chi connectivity index (χ1) is 15.5. The Labute approximate surface area is 190 Å². The van der Waals surface area contributed by atoms with Crippen molar-refractivity contribution in [1.29, 1.82) is 0 Å². The molecule has 0 spiro atoms. The Balaban J connectivity index is 1.48. The highest BCUT2D eigenvalue weighted by molar-refractivity contribution is 6.08. The van der Waals surface area contributed by atoms with Gasteiger partial charge in [0.15, 0.2) is 0 Å². The second-order valence-electron chi connectivity index (χ2n) is 9.52. The topological polar surface area (TPSA) is 55.9 Å². The zero-order valence-electron chi connectivity index (χ0n) is 18.9. The minimum atomic E-state index is -0.455. The SMILES string of the molecule is CN(C)c1ccc([C@@H]2NN(Cc3ccccc3)[C@H]3C(=O)N(C4CCCCC4)C(=O)[C@H]23)cc1. The van der Waals surface area contributed by atoms with Gasteiger partial charge in [-0.05, 0) is 36.1 Å². The maximum absolute atomic E-state index is 13.7. The summed E-state index contributed by atoms with van der Waals surface area (Å²) in [5.74, 6) is -0.419. The third kappa shape index (κ3) is 3.71. The van der Waals surface area contributed by atoms with Gasteiger partial charge in [-0.15, -0.1) is 0 Å². The molecule has 2 aromatic carbocycles. The van der Waals surface area contributed by atoms with Crippen LogP contribution in [0.1, 0.15) is 49.3 Å². The molecule has 2 heterocycles. The van der Waals surface area contributed by atoms with Gasteiger partial charge in [0.1, 0.15) is 6.04 Å². The number of benzene rings is 2. The molecule has 3 atom stereocenters. The van der Waals surface area contributed by atoms with Crippen molar-refractivity contribution >= 4 is 17.5 Å². The fourth-order valence-corrected chi connectivity index (χ4v) is 5.58. The molecule has 1 N–H and O–H groups in total. The Kier molecular flexibility index (Phi) is 5.74. The number of amides is 2. The van der Waals surface area contributed by atoms with Crippen LogP contribution < -0.4 is 10.3 Å². The zero-order valence-corrected chi connectivity index (χ0v) is 18.9. The fourth-order valence-electron chi connectivity index (χ4n) is 5.58. The Hall–Kier alpha value is -2.70. The van der Waals surface area contributed by atoms with Gasteiger partial charge in [-0.2, -0.15) is 0 Å².